The van der Waals surface area contributed by atoms with Gasteiger partial charge in [0.2, 0.25) is 5.91 Å². The van der Waals surface area contributed by atoms with Gasteiger partial charge in [0.25, 0.3) is 0 Å². The molecule has 4 heteroatoms. The highest BCUT2D eigenvalue weighted by molar-refractivity contribution is 5.82. The molecule has 0 saturated carbocycles. The van der Waals surface area contributed by atoms with Crippen molar-refractivity contribution in [3.05, 3.63) is 0 Å². The van der Waals surface area contributed by atoms with Gasteiger partial charge in [-0.1, -0.05) is 0 Å². The monoisotopic (exact) mass is 226 g/mol. The molecule has 2 unspecified atom stereocenters. The molecule has 2 aliphatic heterocycles. The molecule has 0 aromatic heterocycles. The Hall–Kier alpha value is -0.610. The van der Waals surface area contributed by atoms with Crippen LogP contribution in [0.15, 0.2) is 0 Å². The largest absolute Gasteiger partial charge is 0.377 e. The first-order valence-corrected chi connectivity index (χ1v) is 6.45. The molecule has 0 radical (unpaired) electrons. The van der Waals surface area contributed by atoms with Crippen LogP contribution in [0.3, 0.4) is 0 Å². The van der Waals surface area contributed by atoms with Crippen LogP contribution in [-0.2, 0) is 9.53 Å². The fourth-order valence-corrected chi connectivity index (χ4v) is 2.63. The number of hydrogen-bond acceptors (Lipinski definition) is 3. The van der Waals surface area contributed by atoms with Crippen molar-refractivity contribution in [1.29, 1.82) is 0 Å². The van der Waals surface area contributed by atoms with Crippen LogP contribution in [0.1, 0.15) is 32.6 Å². The number of nitrogens with one attached hydrogen (secondary N) is 1. The fourth-order valence-electron chi connectivity index (χ4n) is 2.63. The molecule has 2 atom stereocenters. The smallest absolute Gasteiger partial charge is 0.239 e. The van der Waals surface area contributed by atoms with Gasteiger partial charge < -0.3 is 15.0 Å². The summed E-state index contributed by atoms with van der Waals surface area (Å²) in [5.74, 6) is 0.280. The molecular formula is C12H22N2O2. The summed E-state index contributed by atoms with van der Waals surface area (Å²) >= 11 is 0. The lowest BCUT2D eigenvalue weighted by Gasteiger charge is -2.34. The minimum atomic E-state index is 0.0698. The Morgan fingerprint density at radius 3 is 3.00 bits per heavy atom. The number of rotatable bonds is 3. The summed E-state index contributed by atoms with van der Waals surface area (Å²) in [6, 6.07) is 0.0698. The maximum absolute atomic E-state index is 12.2. The van der Waals surface area contributed by atoms with Gasteiger partial charge in [-0.2, -0.15) is 0 Å². The SMILES string of the molecule is CCOC1CCCN(C(=O)C2CCCN2)C1. The van der Waals surface area contributed by atoms with E-state index in [4.69, 9.17) is 4.74 Å². The first kappa shape index (κ1) is 11.9. The van der Waals surface area contributed by atoms with Gasteiger partial charge in [0.15, 0.2) is 0 Å². The maximum Gasteiger partial charge on any atom is 0.239 e. The van der Waals surface area contributed by atoms with Gasteiger partial charge >= 0.3 is 0 Å². The lowest BCUT2D eigenvalue weighted by atomic mass is 10.1. The summed E-state index contributed by atoms with van der Waals surface area (Å²) < 4.78 is 5.61. The van der Waals surface area contributed by atoms with Crippen LogP contribution < -0.4 is 5.32 Å². The van der Waals surface area contributed by atoms with Crippen LogP contribution in [0.2, 0.25) is 0 Å². The summed E-state index contributed by atoms with van der Waals surface area (Å²) in [5, 5.41) is 3.27. The Morgan fingerprint density at radius 1 is 1.44 bits per heavy atom. The van der Waals surface area contributed by atoms with Crippen molar-refractivity contribution >= 4 is 5.91 Å². The molecule has 2 rings (SSSR count). The van der Waals surface area contributed by atoms with E-state index in [1.807, 2.05) is 11.8 Å². The van der Waals surface area contributed by atoms with Gasteiger partial charge in [-0.05, 0) is 39.2 Å². The Balaban J connectivity index is 1.85. The lowest BCUT2D eigenvalue weighted by molar-refractivity contribution is -0.137. The van der Waals surface area contributed by atoms with Crippen molar-refractivity contribution in [2.45, 2.75) is 44.8 Å². The van der Waals surface area contributed by atoms with E-state index >= 15 is 0 Å². The van der Waals surface area contributed by atoms with Crippen molar-refractivity contribution in [2.75, 3.05) is 26.2 Å². The average Bonchev–Trinajstić information content (AvgIpc) is 2.82. The van der Waals surface area contributed by atoms with Crippen molar-refractivity contribution in [3.8, 4) is 0 Å². The number of piperidine rings is 1. The van der Waals surface area contributed by atoms with Gasteiger partial charge in [0.1, 0.15) is 0 Å². The molecule has 2 saturated heterocycles. The standard InChI is InChI=1S/C12H22N2O2/c1-2-16-10-5-4-8-14(9-10)12(15)11-6-3-7-13-11/h10-11,13H,2-9H2,1H3. The van der Waals surface area contributed by atoms with Gasteiger partial charge in [-0.15, -0.1) is 0 Å². The third-order valence-electron chi connectivity index (χ3n) is 3.45. The molecule has 1 N–H and O–H groups in total. The third-order valence-corrected chi connectivity index (χ3v) is 3.45. The predicted octanol–water partition coefficient (Wildman–Crippen LogP) is 0.766. The number of hydrogen-bond donors (Lipinski definition) is 1. The van der Waals surface area contributed by atoms with Gasteiger partial charge in [0.05, 0.1) is 12.1 Å². The van der Waals surface area contributed by atoms with Gasteiger partial charge in [0, 0.05) is 19.7 Å². The highest BCUT2D eigenvalue weighted by atomic mass is 16.5. The van der Waals surface area contributed by atoms with E-state index in [0.29, 0.717) is 0 Å². The minimum Gasteiger partial charge on any atom is -0.377 e. The number of carbonyl (C=O) groups excluding carboxylic acids is 1. The van der Waals surface area contributed by atoms with Gasteiger partial charge in [-0.3, -0.25) is 4.79 Å². The van der Waals surface area contributed by atoms with E-state index < -0.39 is 0 Å². The second-order valence-corrected chi connectivity index (χ2v) is 4.65. The summed E-state index contributed by atoms with van der Waals surface area (Å²) in [7, 11) is 0. The number of ether oxygens (including phenoxy) is 1. The molecule has 16 heavy (non-hydrogen) atoms. The normalized spacial score (nSPS) is 30.7. The molecule has 4 nitrogen and oxygen atoms in total. The van der Waals surface area contributed by atoms with E-state index in [1.165, 1.54) is 0 Å². The molecule has 92 valence electrons. The molecule has 1 amide bonds. The molecular weight excluding hydrogens is 204 g/mol. The Bertz CT molecular complexity index is 237. The second kappa shape index (κ2) is 5.64. The molecule has 0 aromatic rings. The van der Waals surface area contributed by atoms with E-state index in [2.05, 4.69) is 5.32 Å². The Kier molecular flexibility index (Phi) is 4.18. The molecule has 0 spiro atoms. The number of nitrogens with zero attached hydrogens (tertiary/aromatic N) is 1. The number of carbonyl (C=O) groups is 1. The summed E-state index contributed by atoms with van der Waals surface area (Å²) in [5.41, 5.74) is 0. The summed E-state index contributed by atoms with van der Waals surface area (Å²) in [6.07, 6.45) is 4.54. The van der Waals surface area contributed by atoms with Crippen LogP contribution in [0.5, 0.6) is 0 Å². The van der Waals surface area contributed by atoms with Crippen molar-refractivity contribution < 1.29 is 9.53 Å². The quantitative estimate of drug-likeness (QED) is 0.772. The molecule has 0 bridgehead atoms. The van der Waals surface area contributed by atoms with Crippen LogP contribution >= 0.6 is 0 Å². The van der Waals surface area contributed by atoms with Crippen molar-refractivity contribution in [1.82, 2.24) is 10.2 Å². The molecule has 0 aromatic carbocycles. The Morgan fingerprint density at radius 2 is 2.31 bits per heavy atom. The van der Waals surface area contributed by atoms with E-state index in [0.717, 1.165) is 51.9 Å². The Labute approximate surface area is 97.3 Å². The molecule has 0 aliphatic carbocycles. The highest BCUT2D eigenvalue weighted by Gasteiger charge is 2.30. The van der Waals surface area contributed by atoms with E-state index in [9.17, 15) is 4.79 Å². The van der Waals surface area contributed by atoms with Crippen LogP contribution in [0, 0.1) is 0 Å². The average molecular weight is 226 g/mol. The molecule has 2 aliphatic rings. The zero-order valence-corrected chi connectivity index (χ0v) is 10.1. The highest BCUT2D eigenvalue weighted by Crippen LogP contribution is 2.16. The maximum atomic E-state index is 12.2. The zero-order valence-electron chi connectivity index (χ0n) is 10.1. The van der Waals surface area contributed by atoms with E-state index in [-0.39, 0.29) is 18.1 Å². The molecule has 2 fully saturated rings. The molecule has 2 heterocycles. The van der Waals surface area contributed by atoms with Crippen LogP contribution in [0.4, 0.5) is 0 Å². The number of likely N-dealkylation sites (tertiary alicyclic amines) is 1. The number of amides is 1. The second-order valence-electron chi connectivity index (χ2n) is 4.65. The summed E-state index contributed by atoms with van der Waals surface area (Å²) in [6.45, 7) is 5.43. The first-order chi connectivity index (χ1) is 7.81. The first-order valence-electron chi connectivity index (χ1n) is 6.45. The predicted molar refractivity (Wildman–Crippen MR) is 62.3 cm³/mol. The summed E-state index contributed by atoms with van der Waals surface area (Å²) in [4.78, 5) is 14.1. The van der Waals surface area contributed by atoms with Crippen LogP contribution in [0.25, 0.3) is 0 Å². The minimum absolute atomic E-state index is 0.0698. The van der Waals surface area contributed by atoms with Crippen molar-refractivity contribution in [3.63, 3.8) is 0 Å². The lowest BCUT2D eigenvalue weighted by Crippen LogP contribution is -2.49. The van der Waals surface area contributed by atoms with Crippen molar-refractivity contribution in [2.24, 2.45) is 0 Å². The van der Waals surface area contributed by atoms with Crippen LogP contribution in [-0.4, -0.2) is 49.2 Å². The third kappa shape index (κ3) is 2.74. The van der Waals surface area contributed by atoms with E-state index in [1.54, 1.807) is 0 Å². The fraction of sp³-hybridized carbons (Fsp3) is 0.917. The zero-order chi connectivity index (χ0) is 11.4. The topological polar surface area (TPSA) is 41.6 Å². The van der Waals surface area contributed by atoms with Gasteiger partial charge in [-0.25, -0.2) is 0 Å².